The first-order chi connectivity index (χ1) is 11.4. The van der Waals surface area contributed by atoms with Crippen LogP contribution in [0.3, 0.4) is 0 Å². The summed E-state index contributed by atoms with van der Waals surface area (Å²) in [5.41, 5.74) is 2.11. The first kappa shape index (κ1) is 19.2. The Kier molecular flexibility index (Phi) is 7.08. The third-order valence-electron chi connectivity index (χ3n) is 4.07. The lowest BCUT2D eigenvalue weighted by molar-refractivity contribution is 0.322. The number of halogens is 1. The highest BCUT2D eigenvalue weighted by Crippen LogP contribution is 2.27. The fourth-order valence-corrected chi connectivity index (χ4v) is 3.79. The molecule has 0 aliphatic carbocycles. The number of benzene rings is 1. The molecule has 0 bridgehead atoms. The molecule has 1 aromatic heterocycles. The number of rotatable bonds is 6. The number of nitrogens with one attached hydrogen (secondary N) is 1. The molecule has 1 heterocycles. The summed E-state index contributed by atoms with van der Waals surface area (Å²) in [6, 6.07) is 10.4. The van der Waals surface area contributed by atoms with Crippen LogP contribution < -0.4 is 5.32 Å². The van der Waals surface area contributed by atoms with E-state index in [1.54, 1.807) is 11.3 Å². The second-order valence-corrected chi connectivity index (χ2v) is 8.26. The molecule has 2 aromatic rings. The Hall–Kier alpha value is -1.10. The van der Waals surface area contributed by atoms with Gasteiger partial charge in [0.15, 0.2) is 5.11 Å². The van der Waals surface area contributed by atoms with E-state index in [1.807, 2.05) is 18.2 Å². The fraction of sp³-hybridized carbons (Fsp3) is 0.421. The zero-order valence-corrected chi connectivity index (χ0v) is 17.1. The van der Waals surface area contributed by atoms with Gasteiger partial charge in [-0.2, -0.15) is 0 Å². The Morgan fingerprint density at radius 1 is 1.29 bits per heavy atom. The largest absolute Gasteiger partial charge is 0.341 e. The van der Waals surface area contributed by atoms with E-state index in [-0.39, 0.29) is 6.04 Å². The van der Waals surface area contributed by atoms with Gasteiger partial charge in [-0.15, -0.1) is 11.3 Å². The number of thiocarbonyl (C=S) groups is 1. The SMILES string of the molecule is Cc1ccc(Cl)cc1NC(=S)N(CCC(C)C)[C@@H](C)c1cccs1. The van der Waals surface area contributed by atoms with Gasteiger partial charge in [0.05, 0.1) is 6.04 Å². The van der Waals surface area contributed by atoms with Crippen LogP contribution in [0.15, 0.2) is 35.7 Å². The highest BCUT2D eigenvalue weighted by molar-refractivity contribution is 7.80. The number of nitrogens with zero attached hydrogens (tertiary/aromatic N) is 1. The van der Waals surface area contributed by atoms with Gasteiger partial charge in [-0.05, 0) is 67.5 Å². The van der Waals surface area contributed by atoms with Gasteiger partial charge in [0.25, 0.3) is 0 Å². The lowest BCUT2D eigenvalue weighted by Crippen LogP contribution is -2.38. The highest BCUT2D eigenvalue weighted by Gasteiger charge is 2.20. The second-order valence-electron chi connectivity index (χ2n) is 6.46. The molecule has 0 fully saturated rings. The summed E-state index contributed by atoms with van der Waals surface area (Å²) in [6.07, 6.45) is 1.10. The van der Waals surface area contributed by atoms with Crippen molar-refractivity contribution in [2.45, 2.75) is 40.2 Å². The van der Waals surface area contributed by atoms with Gasteiger partial charge in [-0.1, -0.05) is 37.6 Å². The van der Waals surface area contributed by atoms with Crippen molar-refractivity contribution in [3.8, 4) is 0 Å². The van der Waals surface area contributed by atoms with Gasteiger partial charge in [-0.3, -0.25) is 0 Å². The normalized spacial score (nSPS) is 12.2. The summed E-state index contributed by atoms with van der Waals surface area (Å²) in [7, 11) is 0. The van der Waals surface area contributed by atoms with Crippen LogP contribution >= 0.6 is 35.2 Å². The van der Waals surface area contributed by atoms with Crippen LogP contribution in [0.2, 0.25) is 5.02 Å². The van der Waals surface area contributed by atoms with E-state index in [0.717, 1.165) is 29.3 Å². The van der Waals surface area contributed by atoms with Crippen molar-refractivity contribution in [3.05, 3.63) is 51.2 Å². The van der Waals surface area contributed by atoms with E-state index >= 15 is 0 Å². The van der Waals surface area contributed by atoms with E-state index < -0.39 is 0 Å². The Morgan fingerprint density at radius 2 is 2.04 bits per heavy atom. The topological polar surface area (TPSA) is 15.3 Å². The van der Waals surface area contributed by atoms with Crippen LogP contribution in [-0.4, -0.2) is 16.6 Å². The molecule has 0 unspecified atom stereocenters. The van der Waals surface area contributed by atoms with Crippen LogP contribution in [-0.2, 0) is 0 Å². The molecule has 0 amide bonds. The molecular weight excluding hydrogens is 356 g/mol. The molecule has 0 aliphatic heterocycles. The second kappa shape index (κ2) is 8.84. The lowest BCUT2D eigenvalue weighted by Gasteiger charge is -2.32. The number of hydrogen-bond donors (Lipinski definition) is 1. The van der Waals surface area contributed by atoms with Gasteiger partial charge in [-0.25, -0.2) is 0 Å². The van der Waals surface area contributed by atoms with Gasteiger partial charge >= 0.3 is 0 Å². The van der Waals surface area contributed by atoms with Gasteiger partial charge in [0.2, 0.25) is 0 Å². The van der Waals surface area contributed by atoms with E-state index in [9.17, 15) is 0 Å². The predicted molar refractivity (Wildman–Crippen MR) is 111 cm³/mol. The molecule has 0 aliphatic rings. The summed E-state index contributed by atoms with van der Waals surface area (Å²) in [6.45, 7) is 9.69. The molecule has 0 saturated carbocycles. The first-order valence-corrected chi connectivity index (χ1v) is 9.92. The zero-order valence-electron chi connectivity index (χ0n) is 14.7. The minimum Gasteiger partial charge on any atom is -0.341 e. The molecule has 0 spiro atoms. The number of anilines is 1. The standard InChI is InChI=1S/C19H25ClN2S2/c1-13(2)9-10-22(15(4)18-6-5-11-24-18)19(23)21-17-12-16(20)8-7-14(17)3/h5-8,11-13,15H,9-10H2,1-4H3,(H,21,23)/t15-/m0/s1. The number of aryl methyl sites for hydroxylation is 1. The Bertz CT molecular complexity index is 668. The summed E-state index contributed by atoms with van der Waals surface area (Å²) in [5.74, 6) is 0.638. The smallest absolute Gasteiger partial charge is 0.173 e. The molecule has 0 saturated heterocycles. The van der Waals surface area contributed by atoms with E-state index in [1.165, 1.54) is 4.88 Å². The monoisotopic (exact) mass is 380 g/mol. The molecule has 1 N–H and O–H groups in total. The maximum absolute atomic E-state index is 6.13. The van der Waals surface area contributed by atoms with Gasteiger partial charge in [0, 0.05) is 22.1 Å². The molecule has 0 radical (unpaired) electrons. The first-order valence-electron chi connectivity index (χ1n) is 8.25. The van der Waals surface area contributed by atoms with Crippen molar-refractivity contribution in [1.29, 1.82) is 0 Å². The van der Waals surface area contributed by atoms with Crippen molar-refractivity contribution in [1.82, 2.24) is 4.90 Å². The van der Waals surface area contributed by atoms with Crippen molar-refractivity contribution in [2.24, 2.45) is 5.92 Å². The molecule has 1 atom stereocenters. The van der Waals surface area contributed by atoms with Crippen LogP contribution in [0.25, 0.3) is 0 Å². The predicted octanol–water partition coefficient (Wildman–Crippen LogP) is 6.52. The average molecular weight is 381 g/mol. The van der Waals surface area contributed by atoms with Gasteiger partial charge in [0.1, 0.15) is 0 Å². The minimum absolute atomic E-state index is 0.253. The summed E-state index contributed by atoms with van der Waals surface area (Å²) >= 11 is 13.6. The average Bonchev–Trinajstić information content (AvgIpc) is 3.05. The summed E-state index contributed by atoms with van der Waals surface area (Å²) < 4.78 is 0. The molecule has 1 aromatic carbocycles. The molecular formula is C19H25ClN2S2. The zero-order chi connectivity index (χ0) is 17.7. The maximum atomic E-state index is 6.13. The van der Waals surface area contributed by atoms with Crippen LogP contribution in [0.5, 0.6) is 0 Å². The quantitative estimate of drug-likeness (QED) is 0.574. The molecule has 130 valence electrons. The van der Waals surface area contributed by atoms with Crippen molar-refractivity contribution < 1.29 is 0 Å². The molecule has 2 rings (SSSR count). The summed E-state index contributed by atoms with van der Waals surface area (Å²) in [5, 5.41) is 6.98. The molecule has 2 nitrogen and oxygen atoms in total. The third-order valence-corrected chi connectivity index (χ3v) is 5.69. The van der Waals surface area contributed by atoms with Crippen LogP contribution in [0.4, 0.5) is 5.69 Å². The Balaban J connectivity index is 2.18. The van der Waals surface area contributed by atoms with Crippen LogP contribution in [0, 0.1) is 12.8 Å². The minimum atomic E-state index is 0.253. The molecule has 24 heavy (non-hydrogen) atoms. The van der Waals surface area contributed by atoms with Crippen molar-refractivity contribution in [3.63, 3.8) is 0 Å². The number of thiophene rings is 1. The fourth-order valence-electron chi connectivity index (χ4n) is 2.47. The maximum Gasteiger partial charge on any atom is 0.173 e. The third kappa shape index (κ3) is 5.20. The van der Waals surface area contributed by atoms with Crippen molar-refractivity contribution in [2.75, 3.05) is 11.9 Å². The highest BCUT2D eigenvalue weighted by atomic mass is 35.5. The van der Waals surface area contributed by atoms with E-state index in [0.29, 0.717) is 10.9 Å². The van der Waals surface area contributed by atoms with Crippen molar-refractivity contribution >= 4 is 46.0 Å². The van der Waals surface area contributed by atoms with Gasteiger partial charge < -0.3 is 10.2 Å². The lowest BCUT2D eigenvalue weighted by atomic mass is 10.1. The van der Waals surface area contributed by atoms with Crippen LogP contribution in [0.1, 0.15) is 43.7 Å². The summed E-state index contributed by atoms with van der Waals surface area (Å²) in [4.78, 5) is 3.60. The Morgan fingerprint density at radius 3 is 2.67 bits per heavy atom. The van der Waals surface area contributed by atoms with E-state index in [2.05, 4.69) is 55.4 Å². The molecule has 5 heteroatoms. The van der Waals surface area contributed by atoms with E-state index in [4.69, 9.17) is 23.8 Å². The number of hydrogen-bond acceptors (Lipinski definition) is 2. The Labute approximate surface area is 159 Å².